The zero-order valence-corrected chi connectivity index (χ0v) is 44.4. The first-order valence-corrected chi connectivity index (χ1v) is 25.7. The Balaban J connectivity index is 2.66. The van der Waals surface area contributed by atoms with Gasteiger partial charge in [-0.25, -0.2) is 0 Å². The summed E-state index contributed by atoms with van der Waals surface area (Å²) in [6, 6.07) is -0.861. The summed E-state index contributed by atoms with van der Waals surface area (Å²) in [5.41, 5.74) is 1.40. The van der Waals surface area contributed by atoms with E-state index in [2.05, 4.69) is 6.92 Å². The number of amides is 1. The van der Waals surface area contributed by atoms with Gasteiger partial charge in [-0.3, -0.25) is 14.4 Å². The Labute approximate surface area is 414 Å². The molecule has 0 aliphatic carbocycles. The van der Waals surface area contributed by atoms with E-state index in [4.69, 9.17) is 41.0 Å². The first kappa shape index (κ1) is 61.8. The second-order valence-electron chi connectivity index (χ2n) is 19.5. The number of ether oxygens (including phenoxy) is 6. The average molecular weight is 982 g/mol. The van der Waals surface area contributed by atoms with Gasteiger partial charge in [-0.2, -0.15) is 0 Å². The fourth-order valence-corrected chi connectivity index (χ4v) is 9.69. The van der Waals surface area contributed by atoms with Crippen molar-refractivity contribution in [3.8, 4) is 0 Å². The third kappa shape index (κ3) is 19.4. The van der Waals surface area contributed by atoms with Gasteiger partial charge in [-0.15, -0.1) is 12.6 Å². The summed E-state index contributed by atoms with van der Waals surface area (Å²) in [4.78, 5) is 42.1. The van der Waals surface area contributed by atoms with E-state index in [1.54, 1.807) is 34.1 Å². The monoisotopic (exact) mass is 982 g/mol. The first-order chi connectivity index (χ1) is 32.2. The first-order valence-electron chi connectivity index (χ1n) is 25.2. The van der Waals surface area contributed by atoms with Crippen LogP contribution < -0.4 is 0 Å². The van der Waals surface area contributed by atoms with Crippen molar-refractivity contribution in [2.45, 2.75) is 193 Å². The van der Waals surface area contributed by atoms with E-state index >= 15 is 0 Å². The van der Waals surface area contributed by atoms with E-state index < -0.39 is 71.3 Å². The lowest BCUT2D eigenvalue weighted by Crippen LogP contribution is -2.57. The van der Waals surface area contributed by atoms with Crippen LogP contribution in [-0.4, -0.2) is 150 Å². The third-order valence-corrected chi connectivity index (χ3v) is 14.7. The van der Waals surface area contributed by atoms with Gasteiger partial charge in [0.05, 0.1) is 56.4 Å². The Morgan fingerprint density at radius 2 is 1.63 bits per heavy atom. The van der Waals surface area contributed by atoms with Crippen LogP contribution in [0.5, 0.6) is 0 Å². The number of ketones is 2. The standard InChI is InChI=1S/C53H91NO13S/c1-13-40(30-42(62-10)33-65-26-25-55)29-37(7)46-32-44(56)36(6)28-39(9)48(58)49(64-12)47(57)38(8)27-34(4)21-17-16-18-22-35(5)45(63-11)31-41(14-2)67-53(68,15-3)50(59)51(60)54-24-20-19-23-43(54)52(61)66-46/h16-18,21-22,28,34,36-38,40-46,48-49,52,55-56,58,61,68H,13-15,19-20,23-27,29-33H2,1-12H3/t34?,36-,37?,38-,40+,41?,42-,43+,44?,45+,46+,48-,49+,52?,53+/m1/s1. The number of allylic oxidation sites excluding steroid dienone is 5. The zero-order chi connectivity index (χ0) is 51.1. The van der Waals surface area contributed by atoms with Gasteiger partial charge in [0.25, 0.3) is 11.7 Å². The topological polar surface area (TPSA) is 191 Å². The molecule has 4 N–H and O–H groups in total. The Hall–Kier alpha value is -2.28. The summed E-state index contributed by atoms with van der Waals surface area (Å²) in [5, 5.41) is 44.7. The fourth-order valence-electron chi connectivity index (χ4n) is 9.45. The van der Waals surface area contributed by atoms with Crippen LogP contribution in [0.3, 0.4) is 0 Å². The van der Waals surface area contributed by atoms with Crippen LogP contribution >= 0.6 is 12.6 Å². The molecule has 2 aliphatic rings. The minimum absolute atomic E-state index is 0.0433. The smallest absolute Gasteiger partial charge is 0.294 e. The number of carbonyl (C=O) groups excluding carboxylic acids is 3. The molecule has 392 valence electrons. The third-order valence-electron chi connectivity index (χ3n) is 14.1. The molecular formula is C53H91NO13S. The Kier molecular flexibility index (Phi) is 29.0. The number of nitrogens with zero attached hydrogens (tertiary/aromatic N) is 1. The van der Waals surface area contributed by atoms with Crippen molar-refractivity contribution in [3.63, 3.8) is 0 Å². The van der Waals surface area contributed by atoms with Gasteiger partial charge in [0.1, 0.15) is 12.2 Å². The molecule has 2 heterocycles. The van der Waals surface area contributed by atoms with Gasteiger partial charge >= 0.3 is 0 Å². The molecule has 0 spiro atoms. The van der Waals surface area contributed by atoms with Crippen molar-refractivity contribution in [3.05, 3.63) is 47.6 Å². The van der Waals surface area contributed by atoms with Crippen LogP contribution in [-0.2, 0) is 42.8 Å². The number of rotatable bonds is 15. The fraction of sp³-hybridized carbons (Fsp3) is 0.792. The van der Waals surface area contributed by atoms with E-state index in [9.17, 15) is 34.8 Å². The number of aliphatic hydroxyl groups is 4. The van der Waals surface area contributed by atoms with Gasteiger partial charge in [-0.05, 0) is 94.1 Å². The van der Waals surface area contributed by atoms with Gasteiger partial charge in [0, 0.05) is 52.6 Å². The number of aliphatic hydroxyl groups excluding tert-OH is 4. The summed E-state index contributed by atoms with van der Waals surface area (Å²) in [6.45, 7) is 17.8. The summed E-state index contributed by atoms with van der Waals surface area (Å²) in [7, 11) is 4.66. The molecule has 15 heteroatoms. The number of Topliss-reactive ketones (excluding diaryl/α,β-unsaturated/α-hetero) is 2. The second-order valence-corrected chi connectivity index (χ2v) is 20.2. The van der Waals surface area contributed by atoms with Crippen molar-refractivity contribution >= 4 is 30.1 Å². The molecule has 1 amide bonds. The predicted molar refractivity (Wildman–Crippen MR) is 269 cm³/mol. The molecule has 0 aromatic rings. The van der Waals surface area contributed by atoms with Gasteiger partial charge in [-0.1, -0.05) is 91.3 Å². The number of hydrogen-bond donors (Lipinski definition) is 5. The molecule has 15 atom stereocenters. The number of fused-ring (bicyclic) bond motifs is 1. The maximum absolute atomic E-state index is 14.4. The molecule has 0 aromatic heterocycles. The number of piperidine rings is 1. The highest BCUT2D eigenvalue weighted by Crippen LogP contribution is 2.34. The number of carbonyl (C=O) groups is 3. The van der Waals surface area contributed by atoms with Gasteiger partial charge in [0.2, 0.25) is 0 Å². The number of hydrogen-bond acceptors (Lipinski definition) is 14. The lowest BCUT2D eigenvalue weighted by molar-refractivity contribution is -0.200. The molecule has 2 aliphatic heterocycles. The molecule has 0 radical (unpaired) electrons. The van der Waals surface area contributed by atoms with E-state index in [1.807, 2.05) is 71.9 Å². The summed E-state index contributed by atoms with van der Waals surface area (Å²) >= 11 is 4.77. The van der Waals surface area contributed by atoms with Gasteiger partial charge in [0.15, 0.2) is 17.0 Å². The van der Waals surface area contributed by atoms with Crippen molar-refractivity contribution < 1.29 is 63.2 Å². The molecular weight excluding hydrogens is 891 g/mol. The Morgan fingerprint density at radius 1 is 0.926 bits per heavy atom. The molecule has 68 heavy (non-hydrogen) atoms. The van der Waals surface area contributed by atoms with E-state index in [0.29, 0.717) is 63.5 Å². The molecule has 14 nitrogen and oxygen atoms in total. The molecule has 1 saturated heterocycles. The largest absolute Gasteiger partial charge is 0.394 e. The van der Waals surface area contributed by atoms with E-state index in [1.165, 1.54) is 12.0 Å². The van der Waals surface area contributed by atoms with E-state index in [-0.39, 0.29) is 68.3 Å². The lowest BCUT2D eigenvalue weighted by atomic mass is 9.83. The maximum Gasteiger partial charge on any atom is 0.294 e. The quantitative estimate of drug-likeness (QED) is 0.0474. The van der Waals surface area contributed by atoms with Crippen molar-refractivity contribution in [1.82, 2.24) is 4.90 Å². The molecule has 2 rings (SSSR count). The minimum Gasteiger partial charge on any atom is -0.394 e. The van der Waals surface area contributed by atoms with Crippen LogP contribution in [0.2, 0.25) is 0 Å². The average Bonchev–Trinajstić information content (AvgIpc) is 3.33. The molecule has 0 saturated carbocycles. The number of thiol groups is 1. The normalized spacial score (nSPS) is 33.4. The molecule has 0 aromatic carbocycles. The molecule has 5 unspecified atom stereocenters. The van der Waals surface area contributed by atoms with E-state index in [0.717, 1.165) is 12.0 Å². The highest BCUT2D eigenvalue weighted by molar-refractivity contribution is 7.82. The minimum atomic E-state index is -1.75. The SMILES string of the molecule is CCC1C[C@H](OC)C(C)=CC=CC=CC(C)C[C@@H](C)C(=O)[C@H](OC)[C@H](O)C(C)=C[C@@H](C)C(O)C[C@@H](C(C)C[C@H](CC)C[C@H](COCCO)OC)OC(O)[C@@H]2CCCCN2C(=O)C(=O)[C@@](S)(CC)O1. The molecule has 1 fully saturated rings. The van der Waals surface area contributed by atoms with Crippen LogP contribution in [0.4, 0.5) is 0 Å². The Bertz CT molecular complexity index is 1620. The second kappa shape index (κ2) is 31.9. The predicted octanol–water partition coefficient (Wildman–Crippen LogP) is 7.36. The van der Waals surface area contributed by atoms with Crippen molar-refractivity contribution in [2.75, 3.05) is 47.7 Å². The van der Waals surface area contributed by atoms with Crippen molar-refractivity contribution in [1.29, 1.82) is 0 Å². The summed E-state index contributed by atoms with van der Waals surface area (Å²) < 4.78 is 35.9. The van der Waals surface area contributed by atoms with Crippen molar-refractivity contribution in [2.24, 2.45) is 29.6 Å². The highest BCUT2D eigenvalue weighted by atomic mass is 32.1. The maximum atomic E-state index is 14.4. The van der Waals surface area contributed by atoms with Crippen LogP contribution in [0.1, 0.15) is 133 Å². The van der Waals surface area contributed by atoms with Gasteiger partial charge < -0.3 is 53.7 Å². The van der Waals surface area contributed by atoms with Crippen LogP contribution in [0, 0.1) is 29.6 Å². The lowest BCUT2D eigenvalue weighted by Gasteiger charge is -2.41. The highest BCUT2D eigenvalue weighted by Gasteiger charge is 2.46. The zero-order valence-electron chi connectivity index (χ0n) is 43.5. The number of methoxy groups -OCH3 is 3. The summed E-state index contributed by atoms with van der Waals surface area (Å²) in [6.07, 6.45) is 10.3. The van der Waals surface area contributed by atoms with Crippen LogP contribution in [0.25, 0.3) is 0 Å². The summed E-state index contributed by atoms with van der Waals surface area (Å²) in [5.74, 6) is -2.80. The van der Waals surface area contributed by atoms with Crippen LogP contribution in [0.15, 0.2) is 47.6 Å². The molecule has 0 bridgehead atoms. The Morgan fingerprint density at radius 3 is 2.24 bits per heavy atom.